The second-order valence-electron chi connectivity index (χ2n) is 14.7. The maximum atomic E-state index is 16.5. The molecule has 9 nitrogen and oxygen atoms in total. The number of hydrogen-bond donors (Lipinski definition) is 0. The molecule has 3 fully saturated rings. The average Bonchev–Trinajstić information content (AvgIpc) is 3.78. The van der Waals surface area contributed by atoms with Gasteiger partial charge in [-0.2, -0.15) is 5.26 Å². The molecule has 0 radical (unpaired) electrons. The van der Waals surface area contributed by atoms with Gasteiger partial charge in [-0.25, -0.2) is 13.6 Å². The molecule has 0 spiro atoms. The molecule has 3 aromatic carbocycles. The number of ether oxygens (including phenoxy) is 3. The summed E-state index contributed by atoms with van der Waals surface area (Å²) in [5.41, 5.74) is -1.97. The SMILES string of the molecule is CCOC(=O)C1C[C@@H]1[C@H]1N(c2ccc(C(=O)OC)cc2OC)C(=O)[C@H]2[C@H](c3cccc(Cl)c3F)[C@@](C#N)(c3ccc(Cl)cc3F)[C@H](CC(C)(C)C)N21. The van der Waals surface area contributed by atoms with Crippen LogP contribution in [0.5, 0.6) is 5.75 Å². The molecule has 1 amide bonds. The maximum Gasteiger partial charge on any atom is 0.337 e. The van der Waals surface area contributed by atoms with E-state index in [1.54, 1.807) is 13.0 Å². The van der Waals surface area contributed by atoms with Crippen LogP contribution in [0.3, 0.4) is 0 Å². The van der Waals surface area contributed by atoms with E-state index < -0.39 is 76.3 Å². The van der Waals surface area contributed by atoms with Crippen molar-refractivity contribution in [1.82, 2.24) is 4.90 Å². The Bertz CT molecular complexity index is 1980. The third-order valence-corrected chi connectivity index (χ3v) is 11.0. The molecule has 0 bridgehead atoms. The molecule has 3 aromatic rings. The third-order valence-electron chi connectivity index (χ3n) is 10.4. The average molecular weight is 755 g/mol. The number of halogens is 4. The second kappa shape index (κ2) is 14.0. The summed E-state index contributed by atoms with van der Waals surface area (Å²) < 4.78 is 48.9. The fraction of sp³-hybridized carbons (Fsp3) is 0.436. The van der Waals surface area contributed by atoms with Crippen molar-refractivity contribution in [3.63, 3.8) is 0 Å². The lowest BCUT2D eigenvalue weighted by atomic mass is 9.62. The van der Waals surface area contributed by atoms with E-state index >= 15 is 13.6 Å². The maximum absolute atomic E-state index is 16.5. The van der Waals surface area contributed by atoms with Crippen molar-refractivity contribution >= 4 is 46.7 Å². The number of anilines is 1. The van der Waals surface area contributed by atoms with Crippen LogP contribution in [0, 0.1) is 40.2 Å². The van der Waals surface area contributed by atoms with Crippen molar-refractivity contribution < 1.29 is 37.4 Å². The summed E-state index contributed by atoms with van der Waals surface area (Å²) in [6.07, 6.45) is -0.288. The molecule has 13 heteroatoms. The van der Waals surface area contributed by atoms with Crippen LogP contribution in [0.4, 0.5) is 14.5 Å². The van der Waals surface area contributed by atoms with Gasteiger partial charge in [0.25, 0.3) is 0 Å². The molecular weight excluding hydrogens is 715 g/mol. The minimum absolute atomic E-state index is 0.0329. The number of carbonyl (C=O) groups excluding carboxylic acids is 3. The van der Waals surface area contributed by atoms with E-state index in [2.05, 4.69) is 6.07 Å². The van der Waals surface area contributed by atoms with Gasteiger partial charge in [0.1, 0.15) is 28.8 Å². The zero-order chi connectivity index (χ0) is 37.9. The largest absolute Gasteiger partial charge is 0.495 e. The highest BCUT2D eigenvalue weighted by molar-refractivity contribution is 6.31. The Balaban J connectivity index is 1.67. The Morgan fingerprint density at radius 1 is 1.08 bits per heavy atom. The highest BCUT2D eigenvalue weighted by Gasteiger charge is 2.73. The Morgan fingerprint density at radius 3 is 2.42 bits per heavy atom. The molecule has 7 atom stereocenters. The van der Waals surface area contributed by atoms with E-state index in [0.29, 0.717) is 6.42 Å². The number of rotatable bonds is 9. The third kappa shape index (κ3) is 6.08. The smallest absolute Gasteiger partial charge is 0.337 e. The predicted molar refractivity (Wildman–Crippen MR) is 190 cm³/mol. The topological polar surface area (TPSA) is 109 Å². The van der Waals surface area contributed by atoms with Gasteiger partial charge in [-0.1, -0.05) is 62.2 Å². The summed E-state index contributed by atoms with van der Waals surface area (Å²) in [5, 5.41) is 11.4. The van der Waals surface area contributed by atoms with Crippen LogP contribution < -0.4 is 9.64 Å². The van der Waals surface area contributed by atoms with E-state index in [4.69, 9.17) is 37.4 Å². The van der Waals surface area contributed by atoms with Gasteiger partial charge in [0.2, 0.25) is 5.91 Å². The molecular formula is C39H39Cl2F2N3O6. The number of fused-ring (bicyclic) bond motifs is 1. The van der Waals surface area contributed by atoms with Crippen LogP contribution in [0.25, 0.3) is 0 Å². The molecule has 1 saturated carbocycles. The zero-order valence-corrected chi connectivity index (χ0v) is 31.1. The predicted octanol–water partition coefficient (Wildman–Crippen LogP) is 7.67. The van der Waals surface area contributed by atoms with Crippen molar-refractivity contribution in [3.05, 3.63) is 93.0 Å². The zero-order valence-electron chi connectivity index (χ0n) is 29.6. The molecule has 1 unspecified atom stereocenters. The fourth-order valence-electron chi connectivity index (χ4n) is 8.34. The van der Waals surface area contributed by atoms with Crippen LogP contribution in [0.15, 0.2) is 54.6 Å². The summed E-state index contributed by atoms with van der Waals surface area (Å²) in [5.74, 6) is -5.41. The van der Waals surface area contributed by atoms with Crippen LogP contribution in [0.2, 0.25) is 10.0 Å². The van der Waals surface area contributed by atoms with Gasteiger partial charge in [0, 0.05) is 28.5 Å². The number of amides is 1. The Morgan fingerprint density at radius 2 is 1.81 bits per heavy atom. The van der Waals surface area contributed by atoms with Crippen molar-refractivity contribution in [3.8, 4) is 11.8 Å². The Labute approximate surface area is 311 Å². The summed E-state index contributed by atoms with van der Waals surface area (Å²) in [6, 6.07) is 13.2. The summed E-state index contributed by atoms with van der Waals surface area (Å²) in [4.78, 5) is 44.5. The molecule has 0 aromatic heterocycles. The Kier molecular flexibility index (Phi) is 10.1. The van der Waals surface area contributed by atoms with Gasteiger partial charge in [-0.15, -0.1) is 0 Å². The summed E-state index contributed by atoms with van der Waals surface area (Å²) in [6.45, 7) is 7.76. The molecule has 6 rings (SSSR count). The normalized spacial score (nSPS) is 26.9. The first kappa shape index (κ1) is 37.5. The van der Waals surface area contributed by atoms with Crippen LogP contribution in [-0.4, -0.2) is 61.8 Å². The first-order chi connectivity index (χ1) is 24.6. The first-order valence-corrected chi connectivity index (χ1v) is 17.7. The Hall–Kier alpha value is -4.24. The van der Waals surface area contributed by atoms with E-state index in [1.807, 2.05) is 25.7 Å². The number of esters is 2. The van der Waals surface area contributed by atoms with E-state index in [1.165, 1.54) is 61.6 Å². The van der Waals surface area contributed by atoms with Crippen LogP contribution in [-0.2, 0) is 24.5 Å². The summed E-state index contributed by atoms with van der Waals surface area (Å²) >= 11 is 12.6. The molecule has 2 saturated heterocycles. The van der Waals surface area contributed by atoms with Crippen molar-refractivity contribution in [1.29, 1.82) is 5.26 Å². The van der Waals surface area contributed by atoms with Crippen molar-refractivity contribution in [2.24, 2.45) is 17.3 Å². The van der Waals surface area contributed by atoms with Gasteiger partial charge in [0.15, 0.2) is 0 Å². The fourth-order valence-corrected chi connectivity index (χ4v) is 8.68. The van der Waals surface area contributed by atoms with Gasteiger partial charge in [-0.3, -0.25) is 19.4 Å². The molecule has 3 aliphatic rings. The number of nitriles is 1. The van der Waals surface area contributed by atoms with Gasteiger partial charge < -0.3 is 14.2 Å². The lowest BCUT2D eigenvalue weighted by Gasteiger charge is -2.43. The first-order valence-electron chi connectivity index (χ1n) is 17.0. The van der Waals surface area contributed by atoms with Gasteiger partial charge in [0.05, 0.1) is 55.3 Å². The van der Waals surface area contributed by atoms with Crippen LogP contribution in [0.1, 0.15) is 67.9 Å². The highest BCUT2D eigenvalue weighted by atomic mass is 35.5. The second-order valence-corrected chi connectivity index (χ2v) is 15.5. The van der Waals surface area contributed by atoms with E-state index in [9.17, 15) is 14.9 Å². The van der Waals surface area contributed by atoms with E-state index in [0.717, 1.165) is 6.07 Å². The highest BCUT2D eigenvalue weighted by Crippen LogP contribution is 2.63. The van der Waals surface area contributed by atoms with Gasteiger partial charge in [-0.05, 0) is 67.1 Å². The summed E-state index contributed by atoms with van der Waals surface area (Å²) in [7, 11) is 2.64. The number of hydrogen-bond acceptors (Lipinski definition) is 8. The molecule has 1 aliphatic carbocycles. The van der Waals surface area contributed by atoms with Crippen LogP contribution >= 0.6 is 23.2 Å². The lowest BCUT2D eigenvalue weighted by Crippen LogP contribution is -2.53. The molecule has 2 aliphatic heterocycles. The standard InChI is InChI=1S/C39H39Cl2F2N3O6/c1-7-52-37(49)24-17-23(24)34-45(28-14-11-20(36(48)51-6)15-29(28)50-5)35(47)33-31(22-9-8-10-26(41)32(22)43)39(19-44,25-13-12-21(40)16-27(25)42)30(46(33)34)18-38(2,3)4/h8-16,23-24,30-31,33-34H,7,17-18H2,1-6H3/t23-,24?,30-,31-,33+,34-,39-/m0/s1. The van der Waals surface area contributed by atoms with Gasteiger partial charge >= 0.3 is 11.9 Å². The van der Waals surface area contributed by atoms with E-state index in [-0.39, 0.29) is 51.2 Å². The molecule has 274 valence electrons. The van der Waals surface area contributed by atoms with Crippen molar-refractivity contribution in [2.45, 2.75) is 70.1 Å². The number of benzene rings is 3. The molecule has 2 heterocycles. The lowest BCUT2D eigenvalue weighted by molar-refractivity contribution is -0.145. The minimum Gasteiger partial charge on any atom is -0.495 e. The number of carbonyl (C=O) groups is 3. The molecule has 52 heavy (non-hydrogen) atoms. The quantitative estimate of drug-likeness (QED) is 0.205. The monoisotopic (exact) mass is 753 g/mol. The number of methoxy groups -OCH3 is 2. The van der Waals surface area contributed by atoms with Crippen molar-refractivity contribution in [2.75, 3.05) is 25.7 Å². The number of nitrogens with zero attached hydrogens (tertiary/aromatic N) is 3. The molecule has 0 N–H and O–H groups in total. The minimum atomic E-state index is -1.86.